The fourth-order valence-electron chi connectivity index (χ4n) is 1.15. The van der Waals surface area contributed by atoms with Gasteiger partial charge in [0, 0.05) is 0 Å². The Morgan fingerprint density at radius 3 is 2.47 bits per heavy atom. The van der Waals surface area contributed by atoms with Gasteiger partial charge < -0.3 is 16.2 Å². The van der Waals surface area contributed by atoms with Crippen LogP contribution in [0.1, 0.15) is 26.2 Å². The second-order valence-corrected chi connectivity index (χ2v) is 4.55. The number of aliphatic carboxylic acids is 1. The average Bonchev–Trinajstić information content (AvgIpc) is 2.23. The summed E-state index contributed by atoms with van der Waals surface area (Å²) in [6, 6.07) is -0.850. The lowest BCUT2D eigenvalue weighted by molar-refractivity contribution is -0.141. The minimum Gasteiger partial charge on any atom is -0.480 e. The van der Waals surface area contributed by atoms with Crippen LogP contribution in [0, 0.1) is 0 Å². The Kier molecular flexibility index (Phi) is 8.21. The number of thioether (sulfide) groups is 1. The molecule has 0 aliphatic heterocycles. The topological polar surface area (TPSA) is 109 Å². The molecule has 0 aromatic carbocycles. The lowest BCUT2D eigenvalue weighted by Crippen LogP contribution is -2.41. The van der Waals surface area contributed by atoms with E-state index in [0.717, 1.165) is 24.6 Å². The Morgan fingerprint density at radius 2 is 2.00 bits per heavy atom. The number of carbonyl (C=O) groups excluding carboxylic acids is 2. The van der Waals surface area contributed by atoms with E-state index >= 15 is 0 Å². The highest BCUT2D eigenvalue weighted by Gasteiger charge is 2.18. The highest BCUT2D eigenvalue weighted by molar-refractivity contribution is 8.00. The number of rotatable bonds is 9. The molecular formula is C10H18N2O4S. The van der Waals surface area contributed by atoms with E-state index in [4.69, 9.17) is 10.8 Å². The lowest BCUT2D eigenvalue weighted by atomic mass is 10.1. The molecule has 4 N–H and O–H groups in total. The van der Waals surface area contributed by atoms with E-state index < -0.39 is 17.9 Å². The van der Waals surface area contributed by atoms with Crippen LogP contribution in [-0.2, 0) is 14.4 Å². The molecule has 0 rings (SSSR count). The highest BCUT2D eigenvalue weighted by atomic mass is 32.2. The minimum atomic E-state index is -1.04. The van der Waals surface area contributed by atoms with E-state index in [1.54, 1.807) is 0 Å². The van der Waals surface area contributed by atoms with Gasteiger partial charge in [0.25, 0.3) is 0 Å². The van der Waals surface area contributed by atoms with Gasteiger partial charge in [-0.15, -0.1) is 11.8 Å². The predicted octanol–water partition coefficient (Wildman–Crippen LogP) is -0.0355. The first-order valence-corrected chi connectivity index (χ1v) is 6.51. The number of nitrogens with two attached hydrogens (primary N) is 1. The first-order valence-electron chi connectivity index (χ1n) is 5.35. The van der Waals surface area contributed by atoms with Crippen LogP contribution in [-0.4, -0.2) is 40.4 Å². The second-order valence-electron chi connectivity index (χ2n) is 3.56. The number of amides is 2. The van der Waals surface area contributed by atoms with Crippen molar-refractivity contribution >= 4 is 29.5 Å². The number of nitrogens with one attached hydrogen (secondary N) is 1. The summed E-state index contributed by atoms with van der Waals surface area (Å²) >= 11 is 1.07. The molecule has 0 aromatic heterocycles. The number of carboxylic acids is 1. The van der Waals surface area contributed by atoms with Crippen molar-refractivity contribution in [3.05, 3.63) is 0 Å². The SMILES string of the molecule is CCCCC(NC(=O)CSCC(N)=O)C(=O)O. The fraction of sp³-hybridized carbons (Fsp3) is 0.700. The van der Waals surface area contributed by atoms with Crippen molar-refractivity contribution in [1.29, 1.82) is 0 Å². The molecule has 7 heteroatoms. The Bertz CT molecular complexity index is 283. The van der Waals surface area contributed by atoms with Crippen LogP contribution >= 0.6 is 11.8 Å². The maximum Gasteiger partial charge on any atom is 0.326 e. The smallest absolute Gasteiger partial charge is 0.326 e. The van der Waals surface area contributed by atoms with Crippen LogP contribution in [0.25, 0.3) is 0 Å². The zero-order valence-corrected chi connectivity index (χ0v) is 10.6. The molecule has 0 bridgehead atoms. The van der Waals surface area contributed by atoms with Crippen molar-refractivity contribution in [2.45, 2.75) is 32.2 Å². The molecule has 0 fully saturated rings. The highest BCUT2D eigenvalue weighted by Crippen LogP contribution is 2.03. The van der Waals surface area contributed by atoms with Gasteiger partial charge in [0.1, 0.15) is 6.04 Å². The van der Waals surface area contributed by atoms with Crippen LogP contribution in [0.4, 0.5) is 0 Å². The Balaban J connectivity index is 3.95. The molecule has 0 saturated carbocycles. The molecule has 1 unspecified atom stereocenters. The quantitative estimate of drug-likeness (QED) is 0.540. The summed E-state index contributed by atoms with van der Waals surface area (Å²) in [7, 11) is 0. The number of carboxylic acid groups (broad SMARTS) is 1. The molecule has 0 aliphatic carbocycles. The Hall–Kier alpha value is -1.24. The minimum absolute atomic E-state index is 0.0405. The van der Waals surface area contributed by atoms with E-state index in [1.165, 1.54) is 0 Å². The third-order valence-corrected chi connectivity index (χ3v) is 2.91. The molecule has 98 valence electrons. The number of hydrogen-bond acceptors (Lipinski definition) is 4. The lowest BCUT2D eigenvalue weighted by Gasteiger charge is -2.13. The van der Waals surface area contributed by atoms with Crippen LogP contribution in [0.2, 0.25) is 0 Å². The summed E-state index contributed by atoms with van der Waals surface area (Å²) < 4.78 is 0. The number of hydrogen-bond donors (Lipinski definition) is 3. The van der Waals surface area contributed by atoms with Gasteiger partial charge in [-0.05, 0) is 6.42 Å². The van der Waals surface area contributed by atoms with E-state index in [0.29, 0.717) is 6.42 Å². The molecule has 0 aromatic rings. The molecule has 0 heterocycles. The van der Waals surface area contributed by atoms with Gasteiger partial charge in [0.15, 0.2) is 0 Å². The molecule has 0 saturated heterocycles. The van der Waals surface area contributed by atoms with Crippen LogP contribution in [0.5, 0.6) is 0 Å². The van der Waals surface area contributed by atoms with Crippen molar-refractivity contribution in [2.75, 3.05) is 11.5 Å². The third kappa shape index (κ3) is 8.56. The zero-order valence-electron chi connectivity index (χ0n) is 9.77. The van der Waals surface area contributed by atoms with E-state index in [9.17, 15) is 14.4 Å². The third-order valence-electron chi connectivity index (χ3n) is 1.96. The standard InChI is InChI=1S/C10H18N2O4S/c1-2-3-4-7(10(15)16)12-9(14)6-17-5-8(11)13/h7H,2-6H2,1H3,(H2,11,13)(H,12,14)(H,15,16). The number of primary amides is 1. The Labute approximate surface area is 104 Å². The van der Waals surface area contributed by atoms with E-state index in [2.05, 4.69) is 5.32 Å². The summed E-state index contributed by atoms with van der Waals surface area (Å²) in [5, 5.41) is 11.3. The van der Waals surface area contributed by atoms with E-state index in [-0.39, 0.29) is 17.4 Å². The molecule has 1 atom stereocenters. The first kappa shape index (κ1) is 15.8. The molecule has 0 aliphatic rings. The van der Waals surface area contributed by atoms with Gasteiger partial charge >= 0.3 is 5.97 Å². The van der Waals surface area contributed by atoms with Crippen molar-refractivity contribution < 1.29 is 19.5 Å². The number of unbranched alkanes of at least 4 members (excludes halogenated alkanes) is 1. The van der Waals surface area contributed by atoms with Gasteiger partial charge in [-0.1, -0.05) is 19.8 Å². The van der Waals surface area contributed by atoms with Crippen molar-refractivity contribution in [2.24, 2.45) is 5.73 Å². The molecule has 0 spiro atoms. The van der Waals surface area contributed by atoms with Gasteiger partial charge in [0.05, 0.1) is 11.5 Å². The molecule has 2 amide bonds. The van der Waals surface area contributed by atoms with Crippen molar-refractivity contribution in [3.63, 3.8) is 0 Å². The average molecular weight is 262 g/mol. The molecule has 17 heavy (non-hydrogen) atoms. The molecule has 0 radical (unpaired) electrons. The Morgan fingerprint density at radius 1 is 1.35 bits per heavy atom. The first-order chi connectivity index (χ1) is 7.97. The maximum absolute atomic E-state index is 11.4. The fourth-order valence-corrected chi connectivity index (χ4v) is 1.72. The summed E-state index contributed by atoms with van der Waals surface area (Å²) in [6.45, 7) is 1.95. The van der Waals surface area contributed by atoms with Gasteiger partial charge in [-0.25, -0.2) is 4.79 Å². The molecule has 6 nitrogen and oxygen atoms in total. The summed E-state index contributed by atoms with van der Waals surface area (Å²) in [5.41, 5.74) is 4.91. The summed E-state index contributed by atoms with van der Waals surface area (Å²) in [6.07, 6.45) is 2.03. The number of carbonyl (C=O) groups is 3. The van der Waals surface area contributed by atoms with Crippen LogP contribution in [0.3, 0.4) is 0 Å². The molecular weight excluding hydrogens is 244 g/mol. The van der Waals surface area contributed by atoms with Crippen molar-refractivity contribution in [3.8, 4) is 0 Å². The van der Waals surface area contributed by atoms with Gasteiger partial charge in [0.2, 0.25) is 11.8 Å². The van der Waals surface area contributed by atoms with Crippen LogP contribution < -0.4 is 11.1 Å². The largest absolute Gasteiger partial charge is 0.480 e. The van der Waals surface area contributed by atoms with Crippen LogP contribution in [0.15, 0.2) is 0 Å². The monoisotopic (exact) mass is 262 g/mol. The van der Waals surface area contributed by atoms with Gasteiger partial charge in [-0.3, -0.25) is 9.59 Å². The zero-order chi connectivity index (χ0) is 13.3. The normalized spacial score (nSPS) is 11.8. The predicted molar refractivity (Wildman–Crippen MR) is 65.6 cm³/mol. The summed E-state index contributed by atoms with van der Waals surface area (Å²) in [4.78, 5) is 32.6. The second kappa shape index (κ2) is 8.86. The van der Waals surface area contributed by atoms with Gasteiger partial charge in [-0.2, -0.15) is 0 Å². The summed E-state index contributed by atoms with van der Waals surface area (Å²) in [5.74, 6) is -1.83. The van der Waals surface area contributed by atoms with Crippen molar-refractivity contribution in [1.82, 2.24) is 5.32 Å². The maximum atomic E-state index is 11.4. The van der Waals surface area contributed by atoms with E-state index in [1.807, 2.05) is 6.92 Å².